The monoisotopic (exact) mass is 421 g/mol. The average molecular weight is 423 g/mol. The highest BCUT2D eigenvalue weighted by Crippen LogP contribution is 2.32. The molecule has 2 aromatic rings. The molecular weight excluding hydrogens is 411 g/mol. The maximum atomic E-state index is 14.2. The topological polar surface area (TPSA) is 12.0 Å². The third-order valence-corrected chi connectivity index (χ3v) is 4.36. The van der Waals surface area contributed by atoms with Gasteiger partial charge in [0.2, 0.25) is 0 Å². The Kier molecular flexibility index (Phi) is 5.46. The van der Waals surface area contributed by atoms with Gasteiger partial charge in [0.25, 0.3) is 0 Å². The van der Waals surface area contributed by atoms with E-state index in [2.05, 4.69) is 37.2 Å². The van der Waals surface area contributed by atoms with Gasteiger partial charge in [0.15, 0.2) is 0 Å². The minimum absolute atomic E-state index is 0.0531. The Hall–Kier alpha value is -0.850. The fourth-order valence-corrected chi connectivity index (χ4v) is 2.88. The lowest BCUT2D eigenvalue weighted by molar-refractivity contribution is 0.538. The highest BCUT2D eigenvalue weighted by Gasteiger charge is 2.21. The highest BCUT2D eigenvalue weighted by atomic mass is 79.9. The van der Waals surface area contributed by atoms with E-state index in [1.165, 1.54) is 12.1 Å². The van der Waals surface area contributed by atoms with Gasteiger partial charge in [-0.2, -0.15) is 0 Å². The van der Waals surface area contributed by atoms with Gasteiger partial charge in [0, 0.05) is 10.0 Å². The molecule has 21 heavy (non-hydrogen) atoms. The third kappa shape index (κ3) is 3.67. The molecule has 0 heterocycles. The molecule has 2 aromatic carbocycles. The summed E-state index contributed by atoms with van der Waals surface area (Å²) in [6.07, 6.45) is 0. The minimum atomic E-state index is -0.650. The van der Waals surface area contributed by atoms with Crippen molar-refractivity contribution < 1.29 is 13.2 Å². The van der Waals surface area contributed by atoms with Crippen LogP contribution in [0.5, 0.6) is 0 Å². The fraction of sp³-hybridized carbons (Fsp3) is 0.200. The van der Waals surface area contributed by atoms with Crippen molar-refractivity contribution in [3.63, 3.8) is 0 Å². The second-order valence-electron chi connectivity index (χ2n) is 4.44. The summed E-state index contributed by atoms with van der Waals surface area (Å²) in [5.41, 5.74) is 0.640. The fourth-order valence-electron chi connectivity index (χ4n) is 2.09. The molecule has 0 aliphatic heterocycles. The molecule has 0 radical (unpaired) electrons. The second kappa shape index (κ2) is 6.94. The van der Waals surface area contributed by atoms with Gasteiger partial charge >= 0.3 is 0 Å². The first-order chi connectivity index (χ1) is 9.93. The Balaban J connectivity index is 2.58. The van der Waals surface area contributed by atoms with Crippen LogP contribution in [0.1, 0.15) is 24.1 Å². The van der Waals surface area contributed by atoms with E-state index in [1.807, 2.05) is 6.92 Å². The van der Waals surface area contributed by atoms with E-state index < -0.39 is 23.5 Å². The number of benzene rings is 2. The maximum Gasteiger partial charge on any atom is 0.137 e. The van der Waals surface area contributed by atoms with Crippen molar-refractivity contribution in [2.24, 2.45) is 0 Å². The van der Waals surface area contributed by atoms with Gasteiger partial charge in [-0.1, -0.05) is 22.9 Å². The highest BCUT2D eigenvalue weighted by molar-refractivity contribution is 9.10. The Labute approximate surface area is 137 Å². The first-order valence-corrected chi connectivity index (χ1v) is 7.85. The summed E-state index contributed by atoms with van der Waals surface area (Å²) in [5.74, 6) is -1.57. The van der Waals surface area contributed by atoms with E-state index >= 15 is 0 Å². The average Bonchev–Trinajstić information content (AvgIpc) is 2.43. The third-order valence-electron chi connectivity index (χ3n) is 3.03. The molecule has 0 bridgehead atoms. The number of nitrogens with one attached hydrogen (secondary N) is 1. The molecule has 0 saturated carbocycles. The summed E-state index contributed by atoms with van der Waals surface area (Å²) in [4.78, 5) is 0. The van der Waals surface area contributed by atoms with Crippen molar-refractivity contribution in [1.29, 1.82) is 0 Å². The number of hydrogen-bond acceptors (Lipinski definition) is 1. The van der Waals surface area contributed by atoms with E-state index in [4.69, 9.17) is 0 Å². The van der Waals surface area contributed by atoms with Crippen LogP contribution in [0, 0.1) is 17.5 Å². The summed E-state index contributed by atoms with van der Waals surface area (Å²) in [7, 11) is 0. The van der Waals surface area contributed by atoms with E-state index in [-0.39, 0.29) is 10.0 Å². The second-order valence-corrected chi connectivity index (χ2v) is 6.15. The van der Waals surface area contributed by atoms with Crippen molar-refractivity contribution in [2.75, 3.05) is 6.54 Å². The van der Waals surface area contributed by atoms with Crippen LogP contribution >= 0.6 is 31.9 Å². The van der Waals surface area contributed by atoms with Crippen LogP contribution in [-0.2, 0) is 0 Å². The van der Waals surface area contributed by atoms with Gasteiger partial charge in [-0.15, -0.1) is 0 Å². The van der Waals surface area contributed by atoms with Gasteiger partial charge in [0.05, 0.1) is 10.5 Å². The molecular formula is C15H12Br2F3N. The van der Waals surface area contributed by atoms with Crippen molar-refractivity contribution in [3.8, 4) is 0 Å². The van der Waals surface area contributed by atoms with Crippen LogP contribution in [0.3, 0.4) is 0 Å². The van der Waals surface area contributed by atoms with Crippen molar-refractivity contribution in [1.82, 2.24) is 5.32 Å². The summed E-state index contributed by atoms with van der Waals surface area (Å²) in [6.45, 7) is 2.36. The van der Waals surface area contributed by atoms with Crippen molar-refractivity contribution >= 4 is 31.9 Å². The van der Waals surface area contributed by atoms with E-state index in [9.17, 15) is 13.2 Å². The molecule has 0 amide bonds. The molecule has 0 saturated heterocycles. The number of halogens is 5. The lowest BCUT2D eigenvalue weighted by Gasteiger charge is -2.21. The molecule has 0 fully saturated rings. The Bertz CT molecular complexity index is 662. The van der Waals surface area contributed by atoms with E-state index in [0.29, 0.717) is 16.6 Å². The largest absolute Gasteiger partial charge is 0.306 e. The van der Waals surface area contributed by atoms with E-state index in [0.717, 1.165) is 12.1 Å². The Morgan fingerprint density at radius 3 is 2.33 bits per heavy atom. The molecule has 0 aromatic heterocycles. The standard InChI is InChI=1S/C15H12Br2F3N/c1-2-21-15(9-5-8(18)3-4-11(9)16)10-6-14(20)12(17)7-13(10)19/h3-7,15,21H,2H2,1H3. The van der Waals surface area contributed by atoms with Crippen LogP contribution < -0.4 is 5.32 Å². The molecule has 2 rings (SSSR count). The Morgan fingerprint density at radius 2 is 1.67 bits per heavy atom. The SMILES string of the molecule is CCNC(c1cc(F)c(Br)cc1F)c1cc(F)ccc1Br. The molecule has 1 N–H and O–H groups in total. The molecule has 0 spiro atoms. The van der Waals surface area contributed by atoms with Crippen LogP contribution in [-0.4, -0.2) is 6.54 Å². The lowest BCUT2D eigenvalue weighted by atomic mass is 9.98. The molecule has 6 heteroatoms. The number of rotatable bonds is 4. The van der Waals surface area contributed by atoms with Crippen LogP contribution in [0.2, 0.25) is 0 Å². The zero-order valence-corrected chi connectivity index (χ0v) is 14.2. The lowest BCUT2D eigenvalue weighted by Crippen LogP contribution is -2.23. The predicted molar refractivity (Wildman–Crippen MR) is 83.7 cm³/mol. The van der Waals surface area contributed by atoms with E-state index in [1.54, 1.807) is 6.07 Å². The predicted octanol–water partition coefficient (Wildman–Crippen LogP) is 5.33. The zero-order chi connectivity index (χ0) is 15.6. The molecule has 1 atom stereocenters. The first kappa shape index (κ1) is 16.5. The minimum Gasteiger partial charge on any atom is -0.306 e. The quantitative estimate of drug-likeness (QED) is 0.656. The van der Waals surface area contributed by atoms with Crippen molar-refractivity contribution in [3.05, 3.63) is 67.9 Å². The Morgan fingerprint density at radius 1 is 0.952 bits per heavy atom. The first-order valence-electron chi connectivity index (χ1n) is 6.26. The molecule has 1 nitrogen and oxygen atoms in total. The molecule has 0 aliphatic carbocycles. The summed E-state index contributed by atoms with van der Waals surface area (Å²) >= 11 is 6.27. The van der Waals surface area contributed by atoms with Crippen LogP contribution in [0.4, 0.5) is 13.2 Å². The zero-order valence-electron chi connectivity index (χ0n) is 11.1. The van der Waals surface area contributed by atoms with Gasteiger partial charge in [0.1, 0.15) is 17.5 Å². The molecule has 1 unspecified atom stereocenters. The van der Waals surface area contributed by atoms with Crippen molar-refractivity contribution in [2.45, 2.75) is 13.0 Å². The molecule has 0 aliphatic rings. The van der Waals surface area contributed by atoms with Gasteiger partial charge < -0.3 is 5.32 Å². The van der Waals surface area contributed by atoms with Crippen LogP contribution in [0.15, 0.2) is 39.3 Å². The summed E-state index contributed by atoms with van der Waals surface area (Å²) in [6, 6.07) is 5.68. The summed E-state index contributed by atoms with van der Waals surface area (Å²) < 4.78 is 42.1. The van der Waals surface area contributed by atoms with Gasteiger partial charge in [-0.3, -0.25) is 0 Å². The smallest absolute Gasteiger partial charge is 0.137 e. The van der Waals surface area contributed by atoms with Gasteiger partial charge in [-0.05, 0) is 58.4 Å². The van der Waals surface area contributed by atoms with Crippen LogP contribution in [0.25, 0.3) is 0 Å². The summed E-state index contributed by atoms with van der Waals surface area (Å²) in [5, 5.41) is 3.05. The maximum absolute atomic E-state index is 14.2. The number of hydrogen-bond donors (Lipinski definition) is 1. The van der Waals surface area contributed by atoms with Gasteiger partial charge in [-0.25, -0.2) is 13.2 Å². The molecule has 112 valence electrons. The normalized spacial score (nSPS) is 12.5.